The van der Waals surface area contributed by atoms with Gasteiger partial charge in [-0.05, 0) is 34.6 Å². The Morgan fingerprint density at radius 3 is 2.23 bits per heavy atom. The first-order valence-electron chi connectivity index (χ1n) is 4.47. The number of hydrogen-bond acceptors (Lipinski definition) is 3. The number of nitrogens with one attached hydrogen (secondary N) is 1. The van der Waals surface area contributed by atoms with Gasteiger partial charge in [-0.15, -0.1) is 0 Å². The van der Waals surface area contributed by atoms with Gasteiger partial charge in [0.05, 0.1) is 0 Å². The Labute approximate surface area is 79.6 Å². The molecule has 13 heavy (non-hydrogen) atoms. The number of aryl methyl sites for hydroxylation is 2. The maximum atomic E-state index is 4.30. The van der Waals surface area contributed by atoms with E-state index in [4.69, 9.17) is 0 Å². The van der Waals surface area contributed by atoms with Crippen LogP contribution in [-0.2, 0) is 0 Å². The van der Waals surface area contributed by atoms with Crippen molar-refractivity contribution in [3.63, 3.8) is 0 Å². The molecule has 0 aromatic carbocycles. The van der Waals surface area contributed by atoms with Gasteiger partial charge in [0.15, 0.2) is 0 Å². The Morgan fingerprint density at radius 1 is 1.15 bits per heavy atom. The molecule has 1 aromatic rings. The molecule has 1 heterocycles. The first-order chi connectivity index (χ1) is 5.87. The van der Waals surface area contributed by atoms with Crippen molar-refractivity contribution in [1.29, 1.82) is 0 Å². The lowest BCUT2D eigenvalue weighted by atomic mass is 10.1. The highest BCUT2D eigenvalue weighted by molar-refractivity contribution is 5.37. The molecular weight excluding hydrogens is 162 g/mol. The first-order valence-corrected chi connectivity index (χ1v) is 4.47. The number of rotatable bonds is 1. The van der Waals surface area contributed by atoms with Crippen molar-refractivity contribution in [2.45, 2.75) is 40.2 Å². The highest BCUT2D eigenvalue weighted by Gasteiger charge is 2.10. The van der Waals surface area contributed by atoms with E-state index in [-0.39, 0.29) is 5.54 Å². The van der Waals surface area contributed by atoms with Crippen LogP contribution in [-0.4, -0.2) is 15.5 Å². The third-order valence-electron chi connectivity index (χ3n) is 1.47. The van der Waals surface area contributed by atoms with Gasteiger partial charge in [0.1, 0.15) is 11.6 Å². The second kappa shape index (κ2) is 3.32. The number of aromatic nitrogens is 2. The van der Waals surface area contributed by atoms with Crippen LogP contribution in [0.1, 0.15) is 32.3 Å². The molecule has 0 amide bonds. The van der Waals surface area contributed by atoms with Crippen molar-refractivity contribution >= 4 is 5.82 Å². The smallest absolute Gasteiger partial charge is 0.130 e. The normalized spacial score (nSPS) is 11.5. The van der Waals surface area contributed by atoms with E-state index < -0.39 is 0 Å². The summed E-state index contributed by atoms with van der Waals surface area (Å²) in [5.74, 6) is 1.71. The second-order valence-electron chi connectivity index (χ2n) is 4.32. The van der Waals surface area contributed by atoms with Gasteiger partial charge >= 0.3 is 0 Å². The van der Waals surface area contributed by atoms with Crippen LogP contribution in [0.2, 0.25) is 0 Å². The summed E-state index contributed by atoms with van der Waals surface area (Å²) in [6.45, 7) is 10.2. The Bertz CT molecular complexity index is 279. The van der Waals surface area contributed by atoms with Gasteiger partial charge in [0.25, 0.3) is 0 Å². The molecule has 1 N–H and O–H groups in total. The third-order valence-corrected chi connectivity index (χ3v) is 1.47. The molecule has 0 atom stereocenters. The molecule has 0 saturated carbocycles. The Kier molecular flexibility index (Phi) is 2.55. The molecule has 0 aliphatic rings. The minimum Gasteiger partial charge on any atom is -0.365 e. The maximum Gasteiger partial charge on any atom is 0.130 e. The molecular formula is C10H17N3. The predicted molar refractivity (Wildman–Crippen MR) is 54.9 cm³/mol. The summed E-state index contributed by atoms with van der Waals surface area (Å²) in [6, 6.07) is 1.96. The Balaban J connectivity index is 2.90. The van der Waals surface area contributed by atoms with Crippen molar-refractivity contribution in [3.05, 3.63) is 17.6 Å². The van der Waals surface area contributed by atoms with Gasteiger partial charge in [-0.2, -0.15) is 0 Å². The maximum absolute atomic E-state index is 4.30. The molecule has 0 fully saturated rings. The van der Waals surface area contributed by atoms with Crippen LogP contribution in [0.3, 0.4) is 0 Å². The highest BCUT2D eigenvalue weighted by Crippen LogP contribution is 2.12. The summed E-state index contributed by atoms with van der Waals surface area (Å²) in [5.41, 5.74) is 1.05. The molecule has 72 valence electrons. The third kappa shape index (κ3) is 3.40. The van der Waals surface area contributed by atoms with Crippen molar-refractivity contribution < 1.29 is 0 Å². The monoisotopic (exact) mass is 179 g/mol. The van der Waals surface area contributed by atoms with Crippen LogP contribution >= 0.6 is 0 Å². The molecule has 0 aliphatic heterocycles. The van der Waals surface area contributed by atoms with E-state index >= 15 is 0 Å². The van der Waals surface area contributed by atoms with E-state index in [2.05, 4.69) is 36.1 Å². The SMILES string of the molecule is Cc1cc(NC(C)(C)C)nc(C)n1. The molecule has 3 heteroatoms. The van der Waals surface area contributed by atoms with Crippen LogP contribution in [0.5, 0.6) is 0 Å². The zero-order valence-corrected chi connectivity index (χ0v) is 8.97. The Hall–Kier alpha value is -1.12. The molecule has 0 unspecified atom stereocenters. The summed E-state index contributed by atoms with van der Waals surface area (Å²) in [7, 11) is 0. The largest absolute Gasteiger partial charge is 0.365 e. The molecule has 0 aliphatic carbocycles. The first kappa shape index (κ1) is 9.96. The standard InChI is InChI=1S/C10H17N3/c1-7-6-9(12-8(2)11-7)13-10(3,4)5/h6H,1-5H3,(H,11,12,13). The van der Waals surface area contributed by atoms with Crippen molar-refractivity contribution in [3.8, 4) is 0 Å². The number of hydrogen-bond donors (Lipinski definition) is 1. The van der Waals surface area contributed by atoms with E-state index in [0.29, 0.717) is 0 Å². The fraction of sp³-hybridized carbons (Fsp3) is 0.600. The number of anilines is 1. The highest BCUT2D eigenvalue weighted by atomic mass is 15.1. The zero-order chi connectivity index (χ0) is 10.1. The second-order valence-corrected chi connectivity index (χ2v) is 4.32. The fourth-order valence-electron chi connectivity index (χ4n) is 1.17. The summed E-state index contributed by atoms with van der Waals surface area (Å²) < 4.78 is 0. The minimum atomic E-state index is 0.0488. The van der Waals surface area contributed by atoms with Crippen LogP contribution in [0.15, 0.2) is 6.07 Å². The van der Waals surface area contributed by atoms with Gasteiger partial charge < -0.3 is 5.32 Å². The van der Waals surface area contributed by atoms with Crippen molar-refractivity contribution in [2.24, 2.45) is 0 Å². The van der Waals surface area contributed by atoms with E-state index in [1.165, 1.54) is 0 Å². The predicted octanol–water partition coefficient (Wildman–Crippen LogP) is 2.30. The van der Waals surface area contributed by atoms with Gasteiger partial charge in [-0.1, -0.05) is 0 Å². The zero-order valence-electron chi connectivity index (χ0n) is 8.97. The minimum absolute atomic E-state index is 0.0488. The summed E-state index contributed by atoms with van der Waals surface area (Å²) in [6.07, 6.45) is 0. The average molecular weight is 179 g/mol. The Morgan fingerprint density at radius 2 is 1.77 bits per heavy atom. The van der Waals surface area contributed by atoms with Gasteiger partial charge in [0, 0.05) is 17.3 Å². The van der Waals surface area contributed by atoms with E-state index in [0.717, 1.165) is 17.3 Å². The van der Waals surface area contributed by atoms with Crippen LogP contribution < -0.4 is 5.32 Å². The van der Waals surface area contributed by atoms with Crippen LogP contribution in [0.4, 0.5) is 5.82 Å². The van der Waals surface area contributed by atoms with Crippen LogP contribution in [0, 0.1) is 13.8 Å². The lowest BCUT2D eigenvalue weighted by Gasteiger charge is -2.21. The molecule has 0 spiro atoms. The summed E-state index contributed by atoms with van der Waals surface area (Å²) in [5, 5.41) is 3.31. The molecule has 0 saturated heterocycles. The van der Waals surface area contributed by atoms with Gasteiger partial charge in [-0.3, -0.25) is 0 Å². The van der Waals surface area contributed by atoms with Crippen molar-refractivity contribution in [1.82, 2.24) is 9.97 Å². The molecule has 0 radical (unpaired) electrons. The summed E-state index contributed by atoms with van der Waals surface area (Å²) in [4.78, 5) is 8.51. The molecule has 1 rings (SSSR count). The average Bonchev–Trinajstić information content (AvgIpc) is 1.78. The lowest BCUT2D eigenvalue weighted by molar-refractivity contribution is 0.629. The van der Waals surface area contributed by atoms with Crippen LogP contribution in [0.25, 0.3) is 0 Å². The molecule has 0 bridgehead atoms. The van der Waals surface area contributed by atoms with E-state index in [1.807, 2.05) is 19.9 Å². The molecule has 1 aromatic heterocycles. The van der Waals surface area contributed by atoms with Crippen molar-refractivity contribution in [2.75, 3.05) is 5.32 Å². The lowest BCUT2D eigenvalue weighted by Crippen LogP contribution is -2.26. The number of nitrogens with zero attached hydrogens (tertiary/aromatic N) is 2. The van der Waals surface area contributed by atoms with E-state index in [1.54, 1.807) is 0 Å². The van der Waals surface area contributed by atoms with Gasteiger partial charge in [-0.25, -0.2) is 9.97 Å². The summed E-state index contributed by atoms with van der Waals surface area (Å²) >= 11 is 0. The topological polar surface area (TPSA) is 37.8 Å². The van der Waals surface area contributed by atoms with Gasteiger partial charge in [0.2, 0.25) is 0 Å². The van der Waals surface area contributed by atoms with E-state index in [9.17, 15) is 0 Å². The quantitative estimate of drug-likeness (QED) is 0.718. The molecule has 3 nitrogen and oxygen atoms in total. The fourth-order valence-corrected chi connectivity index (χ4v) is 1.17.